The summed E-state index contributed by atoms with van der Waals surface area (Å²) in [7, 11) is -3.83. The van der Waals surface area contributed by atoms with Gasteiger partial charge in [-0.25, -0.2) is 22.9 Å². The monoisotopic (exact) mass is 306 g/mol. The minimum Gasteiger partial charge on any atom is -0.476 e. The number of nitrogens with zero attached hydrogens (tertiary/aromatic N) is 1. The molecule has 2 unspecified atom stereocenters. The molecule has 0 radical (unpaired) electrons. The molecular weight excluding hydrogens is 292 g/mol. The summed E-state index contributed by atoms with van der Waals surface area (Å²) in [6, 6.07) is 0. The van der Waals surface area contributed by atoms with Gasteiger partial charge < -0.3 is 9.84 Å². The normalized spacial score (nSPS) is 23.6. The highest BCUT2D eigenvalue weighted by atomic mass is 32.2. The van der Waals surface area contributed by atoms with Crippen LogP contribution in [0.1, 0.15) is 23.8 Å². The summed E-state index contributed by atoms with van der Waals surface area (Å²) in [5, 5.41) is 8.87. The van der Waals surface area contributed by atoms with Crippen LogP contribution in [-0.4, -0.2) is 43.7 Å². The van der Waals surface area contributed by atoms with Crippen molar-refractivity contribution in [3.8, 4) is 0 Å². The number of carboxylic acids is 1. The lowest BCUT2D eigenvalue weighted by Crippen LogP contribution is -2.32. The average molecular weight is 306 g/mol. The summed E-state index contributed by atoms with van der Waals surface area (Å²) in [6.45, 7) is 2.75. The molecule has 2 atom stereocenters. The van der Waals surface area contributed by atoms with Gasteiger partial charge in [0.1, 0.15) is 0 Å². The molecule has 1 aliphatic heterocycles. The molecule has 1 aromatic rings. The first kappa shape index (κ1) is 14.4. The van der Waals surface area contributed by atoms with Crippen LogP contribution in [-0.2, 0) is 14.8 Å². The molecule has 106 valence electrons. The highest BCUT2D eigenvalue weighted by Gasteiger charge is 2.29. The Bertz CT molecular complexity index is 568. The second kappa shape index (κ2) is 5.53. The summed E-state index contributed by atoms with van der Waals surface area (Å²) in [5.74, 6) is -1.24. The summed E-state index contributed by atoms with van der Waals surface area (Å²) in [5.41, 5.74) is 0.771. The third kappa shape index (κ3) is 3.11. The van der Waals surface area contributed by atoms with Gasteiger partial charge >= 0.3 is 5.97 Å². The number of ether oxygens (including phenoxy) is 1. The largest absolute Gasteiger partial charge is 0.476 e. The lowest BCUT2D eigenvalue weighted by atomic mass is 10.0. The average Bonchev–Trinajstić information content (AvgIpc) is 2.95. The van der Waals surface area contributed by atoms with Crippen molar-refractivity contribution in [1.29, 1.82) is 0 Å². The van der Waals surface area contributed by atoms with E-state index in [2.05, 4.69) is 9.71 Å². The van der Waals surface area contributed by atoms with Crippen molar-refractivity contribution in [3.05, 3.63) is 11.2 Å². The fraction of sp³-hybridized carbons (Fsp3) is 0.600. The molecule has 1 fully saturated rings. The number of aromatic nitrogens is 1. The SMILES string of the molecule is CC1OCCC1CNS(=O)(=O)c1scnc1C(=O)O. The standard InChI is InChI=1S/C10H14N2O5S2/c1-6-7(2-3-17-6)4-12-19(15,16)10-8(9(13)14)11-5-18-10/h5-7,12H,2-4H2,1H3,(H,13,14). The number of carboxylic acid groups (broad SMARTS) is 1. The van der Waals surface area contributed by atoms with Crippen molar-refractivity contribution in [2.75, 3.05) is 13.2 Å². The van der Waals surface area contributed by atoms with Crippen molar-refractivity contribution in [2.24, 2.45) is 5.92 Å². The molecule has 0 amide bonds. The molecule has 1 saturated heterocycles. The third-order valence-electron chi connectivity index (χ3n) is 3.05. The van der Waals surface area contributed by atoms with E-state index in [4.69, 9.17) is 9.84 Å². The number of carbonyl (C=O) groups is 1. The Hall–Kier alpha value is -1.03. The van der Waals surface area contributed by atoms with Crippen molar-refractivity contribution in [2.45, 2.75) is 23.7 Å². The van der Waals surface area contributed by atoms with Crippen molar-refractivity contribution < 1.29 is 23.1 Å². The molecule has 2 N–H and O–H groups in total. The highest BCUT2D eigenvalue weighted by Crippen LogP contribution is 2.22. The van der Waals surface area contributed by atoms with Crippen LogP contribution in [0.4, 0.5) is 0 Å². The van der Waals surface area contributed by atoms with Gasteiger partial charge in [-0.15, -0.1) is 11.3 Å². The Morgan fingerprint density at radius 1 is 1.68 bits per heavy atom. The van der Waals surface area contributed by atoms with E-state index in [0.717, 1.165) is 17.8 Å². The number of nitrogens with one attached hydrogen (secondary N) is 1. The maximum Gasteiger partial charge on any atom is 0.356 e. The van der Waals surface area contributed by atoms with Gasteiger partial charge in [-0.1, -0.05) is 0 Å². The molecule has 2 heterocycles. The molecule has 9 heteroatoms. The number of thiazole rings is 1. The molecule has 19 heavy (non-hydrogen) atoms. The zero-order chi connectivity index (χ0) is 14.0. The molecule has 0 aliphatic carbocycles. The van der Waals surface area contributed by atoms with Crippen molar-refractivity contribution >= 4 is 27.3 Å². The maximum absolute atomic E-state index is 12.0. The van der Waals surface area contributed by atoms with Crippen LogP contribution in [0.25, 0.3) is 0 Å². The van der Waals surface area contributed by atoms with Gasteiger partial charge in [0, 0.05) is 19.1 Å². The van der Waals surface area contributed by atoms with E-state index in [1.54, 1.807) is 0 Å². The topological polar surface area (TPSA) is 106 Å². The number of hydrogen-bond donors (Lipinski definition) is 2. The quantitative estimate of drug-likeness (QED) is 0.822. The predicted molar refractivity (Wildman–Crippen MR) is 67.8 cm³/mol. The summed E-state index contributed by atoms with van der Waals surface area (Å²) in [6.07, 6.45) is 0.793. The van der Waals surface area contributed by atoms with Gasteiger partial charge in [0.15, 0.2) is 9.90 Å². The van der Waals surface area contributed by atoms with E-state index in [-0.39, 0.29) is 22.8 Å². The van der Waals surface area contributed by atoms with Crippen LogP contribution >= 0.6 is 11.3 Å². The molecule has 0 saturated carbocycles. The van der Waals surface area contributed by atoms with Crippen LogP contribution in [0.3, 0.4) is 0 Å². The van der Waals surface area contributed by atoms with E-state index in [9.17, 15) is 13.2 Å². The van der Waals surface area contributed by atoms with Gasteiger partial charge in [-0.3, -0.25) is 0 Å². The fourth-order valence-corrected chi connectivity index (χ4v) is 4.17. The smallest absolute Gasteiger partial charge is 0.356 e. The van der Waals surface area contributed by atoms with Crippen molar-refractivity contribution in [3.63, 3.8) is 0 Å². The Morgan fingerprint density at radius 3 is 3.00 bits per heavy atom. The molecule has 7 nitrogen and oxygen atoms in total. The molecule has 0 aromatic carbocycles. The lowest BCUT2D eigenvalue weighted by Gasteiger charge is -2.14. The summed E-state index contributed by atoms with van der Waals surface area (Å²) in [4.78, 5) is 14.4. The van der Waals surface area contributed by atoms with Crippen LogP contribution in [0.2, 0.25) is 0 Å². The number of hydrogen-bond acceptors (Lipinski definition) is 6. The van der Waals surface area contributed by atoms with E-state index in [0.29, 0.717) is 6.61 Å². The predicted octanol–water partition coefficient (Wildman–Crippen LogP) is 0.545. The molecular formula is C10H14N2O5S2. The number of rotatable bonds is 5. The molecule has 2 rings (SSSR count). The summed E-state index contributed by atoms with van der Waals surface area (Å²) < 4.78 is 31.6. The Morgan fingerprint density at radius 2 is 2.42 bits per heavy atom. The van der Waals surface area contributed by atoms with E-state index < -0.39 is 21.7 Å². The van der Waals surface area contributed by atoms with Gasteiger partial charge in [0.05, 0.1) is 11.6 Å². The molecule has 1 aromatic heterocycles. The Labute approximate surface area is 114 Å². The van der Waals surface area contributed by atoms with E-state index >= 15 is 0 Å². The zero-order valence-electron chi connectivity index (χ0n) is 10.2. The first-order valence-corrected chi connectivity index (χ1v) is 8.06. The molecule has 0 bridgehead atoms. The zero-order valence-corrected chi connectivity index (χ0v) is 11.8. The van der Waals surface area contributed by atoms with Gasteiger partial charge in [-0.05, 0) is 13.3 Å². The maximum atomic E-state index is 12.0. The Balaban J connectivity index is 2.10. The third-order valence-corrected chi connectivity index (χ3v) is 5.84. The summed E-state index contributed by atoms with van der Waals surface area (Å²) >= 11 is 0.794. The highest BCUT2D eigenvalue weighted by molar-refractivity contribution is 7.91. The van der Waals surface area contributed by atoms with E-state index in [1.165, 1.54) is 5.51 Å². The number of aromatic carboxylic acids is 1. The second-order valence-corrected chi connectivity index (χ2v) is 7.09. The molecule has 1 aliphatic rings. The van der Waals surface area contributed by atoms with Crippen LogP contribution < -0.4 is 4.72 Å². The Kier molecular flexibility index (Phi) is 4.19. The van der Waals surface area contributed by atoms with Crippen molar-refractivity contribution in [1.82, 2.24) is 9.71 Å². The van der Waals surface area contributed by atoms with Crippen LogP contribution in [0.5, 0.6) is 0 Å². The first-order valence-electron chi connectivity index (χ1n) is 5.70. The van der Waals surface area contributed by atoms with Gasteiger partial charge in [0.25, 0.3) is 10.0 Å². The minimum absolute atomic E-state index is 0.00287. The second-order valence-electron chi connectivity index (χ2n) is 4.27. The lowest BCUT2D eigenvalue weighted by molar-refractivity contribution is 0.0687. The van der Waals surface area contributed by atoms with Gasteiger partial charge in [0.2, 0.25) is 0 Å². The first-order chi connectivity index (χ1) is 8.92. The fourth-order valence-electron chi connectivity index (χ4n) is 1.90. The van der Waals surface area contributed by atoms with Crippen LogP contribution in [0, 0.1) is 5.92 Å². The number of sulfonamides is 1. The van der Waals surface area contributed by atoms with Gasteiger partial charge in [-0.2, -0.15) is 0 Å². The van der Waals surface area contributed by atoms with E-state index in [1.807, 2.05) is 6.92 Å². The minimum atomic E-state index is -3.83. The van der Waals surface area contributed by atoms with Crippen LogP contribution in [0.15, 0.2) is 9.72 Å². The molecule has 0 spiro atoms.